The molecule has 2 fully saturated rings. The first kappa shape index (κ1) is 28.0. The molecule has 10 nitrogen and oxygen atoms in total. The molecule has 5 heterocycles. The van der Waals surface area contributed by atoms with Crippen LogP contribution in [0.1, 0.15) is 37.3 Å². The zero-order valence-corrected chi connectivity index (χ0v) is 21.2. The second kappa shape index (κ2) is 10.4. The van der Waals surface area contributed by atoms with Crippen molar-refractivity contribution in [2.75, 3.05) is 36.5 Å². The summed E-state index contributed by atoms with van der Waals surface area (Å²) in [5.74, 6) is 0.197. The van der Waals surface area contributed by atoms with Gasteiger partial charge in [-0.15, -0.1) is 0 Å². The van der Waals surface area contributed by atoms with Crippen LogP contribution >= 0.6 is 0 Å². The first-order valence-electron chi connectivity index (χ1n) is 12.6. The van der Waals surface area contributed by atoms with Gasteiger partial charge in [0, 0.05) is 37.8 Å². The lowest BCUT2D eigenvalue weighted by Gasteiger charge is -2.45. The molecule has 0 aromatic carbocycles. The second-order valence-corrected chi connectivity index (χ2v) is 10.1. The Kier molecular flexibility index (Phi) is 7.31. The van der Waals surface area contributed by atoms with E-state index < -0.39 is 46.9 Å². The topological polar surface area (TPSA) is 113 Å². The van der Waals surface area contributed by atoms with Gasteiger partial charge in [0.1, 0.15) is 18.3 Å². The van der Waals surface area contributed by atoms with Gasteiger partial charge in [-0.1, -0.05) is 0 Å². The van der Waals surface area contributed by atoms with Crippen LogP contribution < -0.4 is 20.5 Å². The minimum absolute atomic E-state index is 0.0798. The van der Waals surface area contributed by atoms with E-state index >= 15 is 0 Å². The molecule has 0 aliphatic carbocycles. The SMILES string of the molecule is C[C@@H](CO[C@H]1CCN(C2CCN3c4ncc(C(F)(F)F)cc4OC[C@H]3C2)C1=O)Nc1cn[nH]c(=O)c1C(F)(F)F. The number of pyridine rings is 1. The molecule has 3 aliphatic rings. The molecule has 0 spiro atoms. The quantitative estimate of drug-likeness (QED) is 0.505. The third-order valence-corrected chi connectivity index (χ3v) is 7.27. The van der Waals surface area contributed by atoms with E-state index in [1.165, 1.54) is 0 Å². The Morgan fingerprint density at radius 2 is 1.85 bits per heavy atom. The Bertz CT molecular complexity index is 1320. The Balaban J connectivity index is 1.16. The summed E-state index contributed by atoms with van der Waals surface area (Å²) in [6.45, 7) is 2.54. The van der Waals surface area contributed by atoms with Gasteiger partial charge in [0.15, 0.2) is 11.6 Å². The van der Waals surface area contributed by atoms with Crippen molar-refractivity contribution >= 4 is 17.4 Å². The fourth-order valence-electron chi connectivity index (χ4n) is 5.40. The number of carbonyl (C=O) groups excluding carboxylic acids is 1. The third kappa shape index (κ3) is 5.53. The fourth-order valence-corrected chi connectivity index (χ4v) is 5.40. The Morgan fingerprint density at radius 3 is 2.58 bits per heavy atom. The summed E-state index contributed by atoms with van der Waals surface area (Å²) in [6.07, 6.45) is -7.02. The molecule has 1 amide bonds. The van der Waals surface area contributed by atoms with Crippen molar-refractivity contribution in [2.45, 2.75) is 62.8 Å². The van der Waals surface area contributed by atoms with Crippen LogP contribution in [0, 0.1) is 0 Å². The molecule has 3 aliphatic heterocycles. The summed E-state index contributed by atoms with van der Waals surface area (Å²) >= 11 is 0. The number of nitrogens with one attached hydrogen (secondary N) is 2. The maximum Gasteiger partial charge on any atom is 0.423 e. The van der Waals surface area contributed by atoms with E-state index in [1.807, 2.05) is 4.90 Å². The minimum atomic E-state index is -4.88. The highest BCUT2D eigenvalue weighted by atomic mass is 19.4. The number of hydrogen-bond acceptors (Lipinski definition) is 8. The molecule has 0 saturated carbocycles. The van der Waals surface area contributed by atoms with Crippen molar-refractivity contribution < 1.29 is 40.6 Å². The van der Waals surface area contributed by atoms with E-state index in [4.69, 9.17) is 9.47 Å². The summed E-state index contributed by atoms with van der Waals surface area (Å²) < 4.78 is 90.3. The van der Waals surface area contributed by atoms with E-state index in [1.54, 1.807) is 16.9 Å². The lowest BCUT2D eigenvalue weighted by atomic mass is 9.95. The first-order chi connectivity index (χ1) is 18.8. The molecule has 218 valence electrons. The van der Waals surface area contributed by atoms with Crippen molar-refractivity contribution in [3.63, 3.8) is 0 Å². The van der Waals surface area contributed by atoms with Crippen LogP contribution in [0.3, 0.4) is 0 Å². The number of H-pyrrole nitrogens is 1. The summed E-state index contributed by atoms with van der Waals surface area (Å²) in [4.78, 5) is 32.4. The average molecular weight is 576 g/mol. The number of amides is 1. The van der Waals surface area contributed by atoms with Gasteiger partial charge in [0.05, 0.1) is 30.1 Å². The van der Waals surface area contributed by atoms with E-state index in [9.17, 15) is 35.9 Å². The van der Waals surface area contributed by atoms with E-state index in [2.05, 4.69) is 15.4 Å². The lowest BCUT2D eigenvalue weighted by molar-refractivity contribution is -0.140. The highest BCUT2D eigenvalue weighted by Gasteiger charge is 2.43. The molecule has 2 N–H and O–H groups in total. The molecular weight excluding hydrogens is 550 g/mol. The Hall–Kier alpha value is -3.56. The van der Waals surface area contributed by atoms with Crippen molar-refractivity contribution in [2.24, 2.45) is 0 Å². The number of likely N-dealkylation sites (tertiary alicyclic amines) is 1. The summed E-state index contributed by atoms with van der Waals surface area (Å²) in [5.41, 5.74) is -4.13. The number of carbonyl (C=O) groups is 1. The van der Waals surface area contributed by atoms with Crippen LogP contribution in [0.4, 0.5) is 37.8 Å². The maximum atomic E-state index is 13.3. The number of hydrogen-bond donors (Lipinski definition) is 2. The normalized spacial score (nSPS) is 23.9. The number of alkyl halides is 6. The van der Waals surface area contributed by atoms with Gasteiger partial charge in [0.25, 0.3) is 11.5 Å². The number of piperidine rings is 1. The van der Waals surface area contributed by atoms with Crippen LogP contribution in [0.2, 0.25) is 0 Å². The maximum absolute atomic E-state index is 13.3. The van der Waals surface area contributed by atoms with E-state index in [0.29, 0.717) is 38.2 Å². The van der Waals surface area contributed by atoms with Gasteiger partial charge < -0.3 is 24.6 Å². The molecule has 2 aromatic heterocycles. The summed E-state index contributed by atoms with van der Waals surface area (Å²) in [6, 6.07) is -0.0191. The predicted molar refractivity (Wildman–Crippen MR) is 128 cm³/mol. The third-order valence-electron chi connectivity index (χ3n) is 7.27. The van der Waals surface area contributed by atoms with E-state index in [0.717, 1.165) is 18.5 Å². The molecule has 0 radical (unpaired) electrons. The number of anilines is 2. The zero-order valence-electron chi connectivity index (χ0n) is 21.2. The molecule has 0 bridgehead atoms. The summed E-state index contributed by atoms with van der Waals surface area (Å²) in [5, 5.41) is 7.76. The molecule has 4 atom stereocenters. The largest absolute Gasteiger partial charge is 0.488 e. The average Bonchev–Trinajstić information content (AvgIpc) is 3.25. The molecule has 2 saturated heterocycles. The highest BCUT2D eigenvalue weighted by molar-refractivity contribution is 5.83. The van der Waals surface area contributed by atoms with Crippen LogP contribution in [0.15, 0.2) is 23.3 Å². The number of aromatic amines is 1. The van der Waals surface area contributed by atoms with Gasteiger partial charge in [-0.3, -0.25) is 9.59 Å². The number of halogens is 6. The number of ether oxygens (including phenoxy) is 2. The van der Waals surface area contributed by atoms with Crippen LogP contribution in [0.25, 0.3) is 0 Å². The number of rotatable bonds is 6. The molecule has 1 unspecified atom stereocenters. The number of aromatic nitrogens is 3. The van der Waals surface area contributed by atoms with Gasteiger partial charge in [0.2, 0.25) is 0 Å². The lowest BCUT2D eigenvalue weighted by Crippen LogP contribution is -2.54. The Morgan fingerprint density at radius 1 is 1.10 bits per heavy atom. The Labute approximate surface area is 223 Å². The predicted octanol–water partition coefficient (Wildman–Crippen LogP) is 3.05. The molecular formula is C24H26F6N6O4. The monoisotopic (exact) mass is 576 g/mol. The van der Waals surface area contributed by atoms with Crippen molar-refractivity contribution in [1.29, 1.82) is 0 Å². The standard InChI is InChI=1S/C24H26F6N6O4/c1-12(33-16-9-32-34-21(37)19(16)24(28,29)30)10-39-17-3-5-36(22(17)38)14-2-4-35-15(7-14)11-40-18-6-13(23(25,26)27)8-31-20(18)35/h6,8-9,12,14-15,17H,2-5,7,10-11H2,1H3,(H2,33,34,37)/t12-,14?,15+,17-/m0/s1. The number of nitrogens with zero attached hydrogens (tertiary/aromatic N) is 4. The highest BCUT2D eigenvalue weighted by Crippen LogP contribution is 2.40. The molecule has 16 heteroatoms. The molecule has 40 heavy (non-hydrogen) atoms. The van der Waals surface area contributed by atoms with Crippen molar-refractivity contribution in [3.8, 4) is 5.75 Å². The molecule has 2 aromatic rings. The van der Waals surface area contributed by atoms with Gasteiger partial charge in [-0.05, 0) is 25.8 Å². The second-order valence-electron chi connectivity index (χ2n) is 10.1. The van der Waals surface area contributed by atoms with Gasteiger partial charge >= 0.3 is 12.4 Å². The van der Waals surface area contributed by atoms with Gasteiger partial charge in [-0.25, -0.2) is 10.1 Å². The minimum Gasteiger partial charge on any atom is -0.488 e. The molecule has 5 rings (SSSR count). The van der Waals surface area contributed by atoms with Crippen LogP contribution in [-0.4, -0.2) is 76.5 Å². The van der Waals surface area contributed by atoms with Crippen LogP contribution in [0.5, 0.6) is 5.75 Å². The summed E-state index contributed by atoms with van der Waals surface area (Å²) in [7, 11) is 0. The van der Waals surface area contributed by atoms with Crippen LogP contribution in [-0.2, 0) is 21.9 Å². The fraction of sp³-hybridized carbons (Fsp3) is 0.583. The van der Waals surface area contributed by atoms with Crippen molar-refractivity contribution in [1.82, 2.24) is 20.1 Å². The smallest absolute Gasteiger partial charge is 0.423 e. The first-order valence-corrected chi connectivity index (χ1v) is 12.6. The van der Waals surface area contributed by atoms with Gasteiger partial charge in [-0.2, -0.15) is 31.4 Å². The zero-order chi connectivity index (χ0) is 28.8. The van der Waals surface area contributed by atoms with E-state index in [-0.39, 0.29) is 37.0 Å². The van der Waals surface area contributed by atoms with Crippen molar-refractivity contribution in [3.05, 3.63) is 39.9 Å². The number of fused-ring (bicyclic) bond motifs is 3.